The lowest BCUT2D eigenvalue weighted by Gasteiger charge is -2.25. The number of sulfone groups is 1. The molecule has 0 unspecified atom stereocenters. The minimum atomic E-state index is -2.81. The van der Waals surface area contributed by atoms with Crippen molar-refractivity contribution in [3.8, 4) is 0 Å². The summed E-state index contributed by atoms with van der Waals surface area (Å²) in [5, 5.41) is 9.73. The summed E-state index contributed by atoms with van der Waals surface area (Å²) in [6.07, 6.45) is 0.874. The maximum atomic E-state index is 11.4. The highest BCUT2D eigenvalue weighted by Crippen LogP contribution is 2.07. The number of rotatable bonds is 7. The van der Waals surface area contributed by atoms with E-state index in [4.69, 9.17) is 0 Å². The van der Waals surface area contributed by atoms with Crippen LogP contribution in [0.5, 0.6) is 0 Å². The van der Waals surface area contributed by atoms with E-state index in [0.29, 0.717) is 19.6 Å². The summed E-state index contributed by atoms with van der Waals surface area (Å²) in [5.41, 5.74) is 1.11. The zero-order chi connectivity index (χ0) is 17.4. The number of halogens is 1. The molecule has 1 saturated heterocycles. The third kappa shape index (κ3) is 8.65. The Labute approximate surface area is 171 Å². The van der Waals surface area contributed by atoms with E-state index >= 15 is 0 Å². The van der Waals surface area contributed by atoms with Gasteiger partial charge in [-0.25, -0.2) is 13.4 Å². The van der Waals surface area contributed by atoms with Crippen molar-refractivity contribution in [1.82, 2.24) is 20.5 Å². The lowest BCUT2D eigenvalue weighted by molar-refractivity contribution is 0.304. The van der Waals surface area contributed by atoms with E-state index in [2.05, 4.69) is 30.9 Å². The van der Waals surface area contributed by atoms with Gasteiger partial charge in [0.1, 0.15) is 0 Å². The van der Waals surface area contributed by atoms with Gasteiger partial charge in [-0.1, -0.05) is 0 Å². The van der Waals surface area contributed by atoms with E-state index in [9.17, 15) is 8.42 Å². The molecule has 0 spiro atoms. The van der Waals surface area contributed by atoms with Crippen LogP contribution in [0.1, 0.15) is 17.6 Å². The second-order valence-electron chi connectivity index (χ2n) is 5.79. The number of nitrogens with one attached hydrogen (secondary N) is 2. The average molecular weight is 501 g/mol. The molecule has 2 rings (SSSR count). The van der Waals surface area contributed by atoms with E-state index in [1.54, 1.807) is 11.3 Å². The Hall–Kier alpha value is -0.460. The van der Waals surface area contributed by atoms with Crippen molar-refractivity contribution < 1.29 is 8.42 Å². The van der Waals surface area contributed by atoms with Gasteiger partial charge in [0.25, 0.3) is 0 Å². The zero-order valence-electron chi connectivity index (χ0n) is 14.8. The summed E-state index contributed by atoms with van der Waals surface area (Å²) in [4.78, 5) is 11.2. The highest BCUT2D eigenvalue weighted by Gasteiger charge is 2.20. The van der Waals surface area contributed by atoms with Gasteiger partial charge >= 0.3 is 0 Å². The minimum absolute atomic E-state index is 0. The quantitative estimate of drug-likeness (QED) is 0.328. The molecule has 1 aliphatic rings. The van der Waals surface area contributed by atoms with Crippen molar-refractivity contribution in [1.29, 1.82) is 0 Å². The minimum Gasteiger partial charge on any atom is -0.357 e. The van der Waals surface area contributed by atoms with Crippen LogP contribution in [0.15, 0.2) is 10.4 Å². The van der Waals surface area contributed by atoms with Gasteiger partial charge in [0.2, 0.25) is 0 Å². The molecule has 10 heteroatoms. The summed E-state index contributed by atoms with van der Waals surface area (Å²) in [7, 11) is -2.81. The van der Waals surface area contributed by atoms with Crippen LogP contribution in [0, 0.1) is 6.92 Å². The van der Waals surface area contributed by atoms with Crippen molar-refractivity contribution in [2.45, 2.75) is 20.3 Å². The first-order chi connectivity index (χ1) is 11.5. The predicted octanol–water partition coefficient (Wildman–Crippen LogP) is 0.898. The molecule has 2 N–H and O–H groups in total. The molecule has 0 atom stereocenters. The number of thiazole rings is 1. The Morgan fingerprint density at radius 3 is 2.68 bits per heavy atom. The molecule has 0 radical (unpaired) electrons. The van der Waals surface area contributed by atoms with Crippen LogP contribution in [0.25, 0.3) is 0 Å². The molecule has 1 aromatic rings. The number of guanidine groups is 1. The number of aliphatic imine (C=N–C) groups is 1. The fraction of sp³-hybridized carbons (Fsp3) is 0.733. The summed E-state index contributed by atoms with van der Waals surface area (Å²) in [6.45, 7) is 8.33. The van der Waals surface area contributed by atoms with E-state index in [0.717, 1.165) is 42.7 Å². The Morgan fingerprint density at radius 1 is 1.36 bits per heavy atom. The molecule has 1 aromatic heterocycles. The van der Waals surface area contributed by atoms with Gasteiger partial charge in [-0.3, -0.25) is 9.89 Å². The number of aromatic nitrogens is 1. The van der Waals surface area contributed by atoms with E-state index in [-0.39, 0.29) is 35.5 Å². The Balaban J connectivity index is 0.00000312. The predicted molar refractivity (Wildman–Crippen MR) is 115 cm³/mol. The van der Waals surface area contributed by atoms with Gasteiger partial charge in [-0.15, -0.1) is 35.3 Å². The Morgan fingerprint density at radius 2 is 2.08 bits per heavy atom. The van der Waals surface area contributed by atoms with Crippen LogP contribution >= 0.6 is 35.3 Å². The maximum Gasteiger partial charge on any atom is 0.191 e. The average Bonchev–Trinajstić information content (AvgIpc) is 2.94. The molecule has 1 fully saturated rings. The first-order valence-electron chi connectivity index (χ1n) is 8.34. The summed E-state index contributed by atoms with van der Waals surface area (Å²) in [5.74, 6) is 1.33. The number of nitrogens with zero attached hydrogens (tertiary/aromatic N) is 3. The maximum absolute atomic E-state index is 11.4. The molecule has 0 amide bonds. The fourth-order valence-electron chi connectivity index (χ4n) is 2.45. The smallest absolute Gasteiger partial charge is 0.191 e. The monoisotopic (exact) mass is 501 g/mol. The molecule has 0 aliphatic carbocycles. The molecular weight excluding hydrogens is 473 g/mol. The molecule has 0 bridgehead atoms. The first-order valence-corrected chi connectivity index (χ1v) is 11.0. The van der Waals surface area contributed by atoms with Crippen LogP contribution in [-0.4, -0.2) is 75.0 Å². The van der Waals surface area contributed by atoms with Crippen LogP contribution in [-0.2, 0) is 16.3 Å². The second-order valence-corrected chi connectivity index (χ2v) is 9.15. The van der Waals surface area contributed by atoms with Crippen LogP contribution < -0.4 is 10.6 Å². The highest BCUT2D eigenvalue weighted by molar-refractivity contribution is 14.0. The third-order valence-electron chi connectivity index (χ3n) is 3.81. The van der Waals surface area contributed by atoms with E-state index in [1.807, 2.05) is 13.8 Å². The van der Waals surface area contributed by atoms with Gasteiger partial charge in [0, 0.05) is 44.5 Å². The van der Waals surface area contributed by atoms with E-state index < -0.39 is 9.84 Å². The Kier molecular flexibility index (Phi) is 10.2. The molecular formula is C15H28IN5O2S2. The van der Waals surface area contributed by atoms with Crippen molar-refractivity contribution in [3.05, 3.63) is 16.1 Å². The molecule has 2 heterocycles. The van der Waals surface area contributed by atoms with Gasteiger partial charge in [-0.2, -0.15) is 0 Å². The lowest BCUT2D eigenvalue weighted by atomic mass is 10.3. The molecule has 7 nitrogen and oxygen atoms in total. The first kappa shape index (κ1) is 22.6. The van der Waals surface area contributed by atoms with Crippen molar-refractivity contribution in [2.75, 3.05) is 50.8 Å². The standard InChI is InChI=1S/C15H27N5O2S2.HI/c1-3-16-15(17-5-4-14-12-23-13(2)19-14)18-6-7-20-8-10-24(21,22)11-9-20;/h12H,3-11H2,1-2H3,(H2,16,17,18);1H. The van der Waals surface area contributed by atoms with Gasteiger partial charge in [0.05, 0.1) is 28.8 Å². The lowest BCUT2D eigenvalue weighted by Crippen LogP contribution is -2.42. The number of aryl methyl sites for hydroxylation is 1. The van der Waals surface area contributed by atoms with Crippen molar-refractivity contribution >= 4 is 51.1 Å². The largest absolute Gasteiger partial charge is 0.357 e. The summed E-state index contributed by atoms with van der Waals surface area (Å²) >= 11 is 1.67. The normalized spacial score (nSPS) is 17.8. The number of hydrogen-bond acceptors (Lipinski definition) is 6. The van der Waals surface area contributed by atoms with Gasteiger partial charge in [-0.05, 0) is 13.8 Å². The van der Waals surface area contributed by atoms with Crippen molar-refractivity contribution in [3.63, 3.8) is 0 Å². The molecule has 0 aromatic carbocycles. The van der Waals surface area contributed by atoms with Crippen molar-refractivity contribution in [2.24, 2.45) is 4.99 Å². The third-order valence-corrected chi connectivity index (χ3v) is 6.24. The Bertz CT molecular complexity index is 634. The molecule has 144 valence electrons. The fourth-order valence-corrected chi connectivity index (χ4v) is 4.37. The zero-order valence-corrected chi connectivity index (χ0v) is 18.8. The molecule has 0 saturated carbocycles. The highest BCUT2D eigenvalue weighted by atomic mass is 127. The van der Waals surface area contributed by atoms with Crippen LogP contribution in [0.2, 0.25) is 0 Å². The summed E-state index contributed by atoms with van der Waals surface area (Å²) in [6, 6.07) is 0. The summed E-state index contributed by atoms with van der Waals surface area (Å²) < 4.78 is 22.8. The molecule has 1 aliphatic heterocycles. The topological polar surface area (TPSA) is 86.7 Å². The number of hydrogen-bond donors (Lipinski definition) is 2. The van der Waals surface area contributed by atoms with Crippen LogP contribution in [0.3, 0.4) is 0 Å². The van der Waals surface area contributed by atoms with E-state index in [1.165, 1.54) is 0 Å². The SMILES string of the molecule is CCNC(=NCCN1CCS(=O)(=O)CC1)NCCc1csc(C)n1.I. The van der Waals surface area contributed by atoms with Gasteiger partial charge in [0.15, 0.2) is 15.8 Å². The second kappa shape index (κ2) is 11.3. The van der Waals surface area contributed by atoms with Crippen LogP contribution in [0.4, 0.5) is 0 Å². The van der Waals surface area contributed by atoms with Gasteiger partial charge < -0.3 is 10.6 Å². The molecule has 25 heavy (non-hydrogen) atoms.